The van der Waals surface area contributed by atoms with E-state index in [4.69, 9.17) is 0 Å². The quantitative estimate of drug-likeness (QED) is 0.923. The Kier molecular flexibility index (Phi) is 4.99. The van der Waals surface area contributed by atoms with Crippen molar-refractivity contribution in [1.82, 2.24) is 10.2 Å². The molecule has 2 rings (SSSR count). The largest absolute Gasteiger partial charge is 0.348 e. The van der Waals surface area contributed by atoms with Crippen LogP contribution in [0.25, 0.3) is 0 Å². The van der Waals surface area contributed by atoms with E-state index in [0.717, 1.165) is 29.7 Å². The number of nitrogens with zero attached hydrogens (tertiary/aromatic N) is 1. The van der Waals surface area contributed by atoms with Crippen molar-refractivity contribution in [2.45, 2.75) is 32.7 Å². The first kappa shape index (κ1) is 14.5. The Morgan fingerprint density at radius 1 is 1.42 bits per heavy atom. The zero-order chi connectivity index (χ0) is 13.8. The number of aryl methyl sites for hydroxylation is 1. The van der Waals surface area contributed by atoms with Crippen LogP contribution < -0.4 is 5.32 Å². The van der Waals surface area contributed by atoms with Crippen molar-refractivity contribution in [3.05, 3.63) is 33.8 Å². The molecule has 1 fully saturated rings. The first-order valence-electron chi connectivity index (χ1n) is 6.86. The fraction of sp³-hybridized carbons (Fsp3) is 0.533. The molecule has 1 aliphatic heterocycles. The van der Waals surface area contributed by atoms with Gasteiger partial charge in [-0.15, -0.1) is 0 Å². The van der Waals surface area contributed by atoms with Gasteiger partial charge in [0.05, 0.1) is 5.56 Å². The molecule has 0 bridgehead atoms. The number of halogens is 1. The summed E-state index contributed by atoms with van der Waals surface area (Å²) < 4.78 is 0.890. The summed E-state index contributed by atoms with van der Waals surface area (Å²) in [5, 5.41) is 3.08. The normalized spacial score (nSPS) is 17.4. The zero-order valence-electron chi connectivity index (χ0n) is 11.6. The highest BCUT2D eigenvalue weighted by Crippen LogP contribution is 2.21. The van der Waals surface area contributed by atoms with Crippen molar-refractivity contribution < 1.29 is 4.79 Å². The van der Waals surface area contributed by atoms with Gasteiger partial charge in [0.1, 0.15) is 0 Å². The lowest BCUT2D eigenvalue weighted by Gasteiger charge is -2.21. The smallest absolute Gasteiger partial charge is 0.252 e. The van der Waals surface area contributed by atoms with Gasteiger partial charge in [0.15, 0.2) is 0 Å². The van der Waals surface area contributed by atoms with Crippen molar-refractivity contribution in [2.24, 2.45) is 0 Å². The van der Waals surface area contributed by atoms with Gasteiger partial charge in [-0.2, -0.15) is 0 Å². The van der Waals surface area contributed by atoms with Crippen LogP contribution in [0, 0.1) is 6.92 Å². The van der Waals surface area contributed by atoms with Crippen LogP contribution in [0.3, 0.4) is 0 Å². The molecule has 3 nitrogen and oxygen atoms in total. The van der Waals surface area contributed by atoms with Gasteiger partial charge in [-0.25, -0.2) is 0 Å². The van der Waals surface area contributed by atoms with E-state index >= 15 is 0 Å². The predicted octanol–water partition coefficient (Wildman–Crippen LogP) is 2.97. The van der Waals surface area contributed by atoms with Crippen LogP contribution in [-0.2, 0) is 0 Å². The van der Waals surface area contributed by atoms with E-state index in [2.05, 4.69) is 33.1 Å². The number of hydrogen-bond donors (Lipinski definition) is 1. The van der Waals surface area contributed by atoms with Gasteiger partial charge in [-0.1, -0.05) is 12.1 Å². The fourth-order valence-corrected chi connectivity index (χ4v) is 2.97. The highest BCUT2D eigenvalue weighted by molar-refractivity contribution is 9.10. The third-order valence-electron chi connectivity index (χ3n) is 3.54. The number of carbonyl (C=O) groups excluding carboxylic acids is 1. The Morgan fingerprint density at radius 3 is 2.79 bits per heavy atom. The molecule has 0 radical (unpaired) electrons. The molecule has 1 aromatic carbocycles. The van der Waals surface area contributed by atoms with E-state index in [-0.39, 0.29) is 11.9 Å². The van der Waals surface area contributed by atoms with Gasteiger partial charge in [0.25, 0.3) is 5.91 Å². The molecular formula is C15H21BrN2O. The minimum absolute atomic E-state index is 0.00210. The number of carbonyl (C=O) groups is 1. The van der Waals surface area contributed by atoms with E-state index < -0.39 is 0 Å². The van der Waals surface area contributed by atoms with E-state index in [1.165, 1.54) is 12.8 Å². The monoisotopic (exact) mass is 324 g/mol. The van der Waals surface area contributed by atoms with Gasteiger partial charge in [0.2, 0.25) is 0 Å². The van der Waals surface area contributed by atoms with Crippen LogP contribution >= 0.6 is 15.9 Å². The molecule has 104 valence electrons. The second-order valence-corrected chi connectivity index (χ2v) is 6.11. The lowest BCUT2D eigenvalue weighted by atomic mass is 10.1. The van der Waals surface area contributed by atoms with Gasteiger partial charge >= 0.3 is 0 Å². The summed E-state index contributed by atoms with van der Waals surface area (Å²) in [4.78, 5) is 14.7. The molecule has 19 heavy (non-hydrogen) atoms. The summed E-state index contributed by atoms with van der Waals surface area (Å²) in [7, 11) is 0. The van der Waals surface area contributed by atoms with Crippen LogP contribution in [0.2, 0.25) is 0 Å². The topological polar surface area (TPSA) is 32.3 Å². The number of likely N-dealkylation sites (tertiary alicyclic amines) is 1. The molecule has 4 heteroatoms. The molecule has 1 heterocycles. The first-order chi connectivity index (χ1) is 9.08. The number of rotatable bonds is 4. The summed E-state index contributed by atoms with van der Waals surface area (Å²) in [6.45, 7) is 7.33. The third-order valence-corrected chi connectivity index (χ3v) is 4.60. The average Bonchev–Trinajstić information content (AvgIpc) is 2.85. The van der Waals surface area contributed by atoms with E-state index in [1.54, 1.807) is 0 Å². The van der Waals surface area contributed by atoms with Crippen molar-refractivity contribution in [3.63, 3.8) is 0 Å². The highest BCUT2D eigenvalue weighted by atomic mass is 79.9. The number of nitrogens with one attached hydrogen (secondary N) is 1. The Hall–Kier alpha value is -0.870. The number of hydrogen-bond acceptors (Lipinski definition) is 2. The molecule has 1 N–H and O–H groups in total. The number of benzene rings is 1. The summed E-state index contributed by atoms with van der Waals surface area (Å²) in [6.07, 6.45) is 2.56. The summed E-state index contributed by atoms with van der Waals surface area (Å²) >= 11 is 3.49. The Bertz CT molecular complexity index is 455. The molecule has 0 saturated carbocycles. The maximum Gasteiger partial charge on any atom is 0.252 e. The van der Waals surface area contributed by atoms with Crippen LogP contribution in [-0.4, -0.2) is 36.5 Å². The van der Waals surface area contributed by atoms with Gasteiger partial charge < -0.3 is 10.2 Å². The standard InChI is InChI=1S/C15H21BrN2O/c1-11-6-5-7-13(14(11)16)15(19)17-12(2)10-18-8-3-4-9-18/h5-7,12H,3-4,8-10H2,1-2H3,(H,17,19). The van der Waals surface area contributed by atoms with Crippen LogP contribution in [0.5, 0.6) is 0 Å². The SMILES string of the molecule is Cc1cccc(C(=O)NC(C)CN2CCCC2)c1Br. The molecular weight excluding hydrogens is 304 g/mol. The Balaban J connectivity index is 1.94. The summed E-state index contributed by atoms with van der Waals surface area (Å²) in [5.74, 6) is 0.00210. The maximum absolute atomic E-state index is 12.2. The summed E-state index contributed by atoms with van der Waals surface area (Å²) in [6, 6.07) is 5.95. The minimum Gasteiger partial charge on any atom is -0.348 e. The van der Waals surface area contributed by atoms with Crippen molar-refractivity contribution in [1.29, 1.82) is 0 Å². The van der Waals surface area contributed by atoms with E-state index in [9.17, 15) is 4.79 Å². The van der Waals surface area contributed by atoms with Gasteiger partial charge in [0, 0.05) is 17.1 Å². The fourth-order valence-electron chi connectivity index (χ4n) is 2.52. The number of amides is 1. The van der Waals surface area contributed by atoms with Gasteiger partial charge in [-0.05, 0) is 67.3 Å². The lowest BCUT2D eigenvalue weighted by Crippen LogP contribution is -2.41. The van der Waals surface area contributed by atoms with E-state index in [1.807, 2.05) is 25.1 Å². The molecule has 1 saturated heterocycles. The molecule has 0 aliphatic carbocycles. The maximum atomic E-state index is 12.2. The van der Waals surface area contributed by atoms with Crippen molar-refractivity contribution >= 4 is 21.8 Å². The minimum atomic E-state index is 0.00210. The Morgan fingerprint density at radius 2 is 2.11 bits per heavy atom. The summed E-state index contributed by atoms with van der Waals surface area (Å²) in [5.41, 5.74) is 1.80. The predicted molar refractivity (Wildman–Crippen MR) is 81.5 cm³/mol. The van der Waals surface area contributed by atoms with Crippen LogP contribution in [0.15, 0.2) is 22.7 Å². The zero-order valence-corrected chi connectivity index (χ0v) is 13.2. The van der Waals surface area contributed by atoms with Gasteiger partial charge in [-0.3, -0.25) is 4.79 Å². The lowest BCUT2D eigenvalue weighted by molar-refractivity contribution is 0.0931. The van der Waals surface area contributed by atoms with Crippen LogP contribution in [0.4, 0.5) is 0 Å². The average molecular weight is 325 g/mol. The molecule has 1 aromatic rings. The molecule has 1 atom stereocenters. The molecule has 0 spiro atoms. The Labute approximate surface area is 123 Å². The second-order valence-electron chi connectivity index (χ2n) is 5.32. The second kappa shape index (κ2) is 6.53. The van der Waals surface area contributed by atoms with Crippen molar-refractivity contribution in [3.8, 4) is 0 Å². The van der Waals surface area contributed by atoms with Crippen molar-refractivity contribution in [2.75, 3.05) is 19.6 Å². The molecule has 1 unspecified atom stereocenters. The van der Waals surface area contributed by atoms with Crippen LogP contribution in [0.1, 0.15) is 35.7 Å². The highest BCUT2D eigenvalue weighted by Gasteiger charge is 2.17. The van der Waals surface area contributed by atoms with E-state index in [0.29, 0.717) is 5.56 Å². The molecule has 0 aromatic heterocycles. The first-order valence-corrected chi connectivity index (χ1v) is 7.65. The molecule has 1 aliphatic rings. The molecule has 1 amide bonds. The third kappa shape index (κ3) is 3.80.